The number of Topliss-reactive ketones (excluding diaryl/α,β-unsaturated/α-hetero) is 1. The molecule has 0 spiro atoms. The Balaban J connectivity index is 2.39. The third-order valence-corrected chi connectivity index (χ3v) is 2.94. The second-order valence-corrected chi connectivity index (χ2v) is 3.97. The third kappa shape index (κ3) is 1.83. The number of benzene rings is 1. The summed E-state index contributed by atoms with van der Waals surface area (Å²) in [5, 5.41) is 8.88. The standard InChI is InChI=1S/C12H11FO3/c13-10-3-1-2-9-8(10)5-4-7(12(15)16)6-11(9)14/h1-3,7H,4-6H2,(H,15,16). The summed E-state index contributed by atoms with van der Waals surface area (Å²) in [6.45, 7) is 0. The van der Waals surface area contributed by atoms with Crippen molar-refractivity contribution in [3.05, 3.63) is 35.1 Å². The number of carboxylic acids is 1. The van der Waals surface area contributed by atoms with Gasteiger partial charge in [-0.05, 0) is 24.5 Å². The fourth-order valence-corrected chi connectivity index (χ4v) is 2.04. The Morgan fingerprint density at radius 1 is 1.44 bits per heavy atom. The highest BCUT2D eigenvalue weighted by atomic mass is 19.1. The molecule has 0 saturated carbocycles. The molecule has 0 saturated heterocycles. The lowest BCUT2D eigenvalue weighted by atomic mass is 9.99. The number of carboxylic acid groups (broad SMARTS) is 1. The maximum absolute atomic E-state index is 13.5. The van der Waals surface area contributed by atoms with Crippen LogP contribution in [0.4, 0.5) is 4.39 Å². The summed E-state index contributed by atoms with van der Waals surface area (Å²) in [7, 11) is 0. The maximum atomic E-state index is 13.5. The zero-order valence-corrected chi connectivity index (χ0v) is 8.57. The lowest BCUT2D eigenvalue weighted by Gasteiger charge is -2.05. The second kappa shape index (κ2) is 4.04. The average molecular weight is 222 g/mol. The first kappa shape index (κ1) is 10.8. The van der Waals surface area contributed by atoms with Gasteiger partial charge in [0.05, 0.1) is 5.92 Å². The van der Waals surface area contributed by atoms with Gasteiger partial charge in [-0.1, -0.05) is 12.1 Å². The zero-order chi connectivity index (χ0) is 11.7. The van der Waals surface area contributed by atoms with E-state index in [0.29, 0.717) is 24.0 Å². The number of halogens is 1. The largest absolute Gasteiger partial charge is 0.481 e. The molecule has 2 rings (SSSR count). The van der Waals surface area contributed by atoms with Crippen molar-refractivity contribution in [3.8, 4) is 0 Å². The zero-order valence-electron chi connectivity index (χ0n) is 8.57. The first-order chi connectivity index (χ1) is 7.59. The molecule has 1 unspecified atom stereocenters. The van der Waals surface area contributed by atoms with Crippen LogP contribution >= 0.6 is 0 Å². The molecule has 0 bridgehead atoms. The summed E-state index contributed by atoms with van der Waals surface area (Å²) >= 11 is 0. The van der Waals surface area contributed by atoms with E-state index in [1.807, 2.05) is 0 Å². The highest BCUT2D eigenvalue weighted by molar-refractivity contribution is 5.99. The van der Waals surface area contributed by atoms with Gasteiger partial charge in [0.1, 0.15) is 5.82 Å². The number of ketones is 1. The smallest absolute Gasteiger partial charge is 0.306 e. The van der Waals surface area contributed by atoms with Crippen LogP contribution in [0.5, 0.6) is 0 Å². The summed E-state index contributed by atoms with van der Waals surface area (Å²) < 4.78 is 13.5. The van der Waals surface area contributed by atoms with Crippen molar-refractivity contribution >= 4 is 11.8 Å². The third-order valence-electron chi connectivity index (χ3n) is 2.94. The minimum atomic E-state index is -0.985. The lowest BCUT2D eigenvalue weighted by Crippen LogP contribution is -2.16. The monoisotopic (exact) mass is 222 g/mol. The summed E-state index contributed by atoms with van der Waals surface area (Å²) in [5.41, 5.74) is 0.694. The molecule has 1 aromatic rings. The fourth-order valence-electron chi connectivity index (χ4n) is 2.04. The minimum Gasteiger partial charge on any atom is -0.481 e. The van der Waals surface area contributed by atoms with Crippen molar-refractivity contribution in [2.24, 2.45) is 5.92 Å². The summed E-state index contributed by atoms with van der Waals surface area (Å²) in [4.78, 5) is 22.6. The van der Waals surface area contributed by atoms with Gasteiger partial charge in [0.2, 0.25) is 0 Å². The van der Waals surface area contributed by atoms with Gasteiger partial charge < -0.3 is 5.11 Å². The van der Waals surface area contributed by atoms with Gasteiger partial charge in [-0.2, -0.15) is 0 Å². The molecule has 1 atom stereocenters. The van der Waals surface area contributed by atoms with E-state index in [1.54, 1.807) is 6.07 Å². The van der Waals surface area contributed by atoms with Gasteiger partial charge >= 0.3 is 5.97 Å². The van der Waals surface area contributed by atoms with Crippen LogP contribution in [0.25, 0.3) is 0 Å². The molecule has 4 heteroatoms. The minimum absolute atomic E-state index is 0.0359. The van der Waals surface area contributed by atoms with Crippen LogP contribution in [0, 0.1) is 11.7 Å². The Kier molecular flexibility index (Phi) is 2.73. The summed E-state index contributed by atoms with van der Waals surface area (Å²) in [6.07, 6.45) is 0.589. The number of carbonyl (C=O) groups is 2. The Morgan fingerprint density at radius 3 is 2.88 bits per heavy atom. The normalized spacial score (nSPS) is 20.1. The molecular weight excluding hydrogens is 211 g/mol. The SMILES string of the molecule is O=C1CC(C(=O)O)CCc2c(F)cccc21. The molecule has 1 aromatic carbocycles. The first-order valence-corrected chi connectivity index (χ1v) is 5.13. The maximum Gasteiger partial charge on any atom is 0.306 e. The summed E-state index contributed by atoms with van der Waals surface area (Å²) in [6, 6.07) is 4.34. The van der Waals surface area contributed by atoms with Gasteiger partial charge in [0.25, 0.3) is 0 Å². The van der Waals surface area contributed by atoms with Crippen molar-refractivity contribution < 1.29 is 19.1 Å². The van der Waals surface area contributed by atoms with E-state index in [4.69, 9.17) is 5.11 Å². The lowest BCUT2D eigenvalue weighted by molar-refractivity contribution is -0.141. The summed E-state index contributed by atoms with van der Waals surface area (Å²) in [5.74, 6) is -2.38. The molecule has 84 valence electrons. The van der Waals surface area contributed by atoms with Crippen LogP contribution in [0.3, 0.4) is 0 Å². The Labute approximate surface area is 91.9 Å². The van der Waals surface area contributed by atoms with Crippen LogP contribution in [-0.2, 0) is 11.2 Å². The molecule has 0 fully saturated rings. The van der Waals surface area contributed by atoms with Crippen molar-refractivity contribution in [2.45, 2.75) is 19.3 Å². The number of aliphatic carboxylic acids is 1. The first-order valence-electron chi connectivity index (χ1n) is 5.13. The van der Waals surface area contributed by atoms with Crippen molar-refractivity contribution in [3.63, 3.8) is 0 Å². The predicted molar refractivity (Wildman–Crippen MR) is 54.8 cm³/mol. The van der Waals surface area contributed by atoms with Gasteiger partial charge in [0.15, 0.2) is 5.78 Å². The van der Waals surface area contributed by atoms with Gasteiger partial charge in [-0.25, -0.2) is 4.39 Å². The van der Waals surface area contributed by atoms with E-state index in [1.165, 1.54) is 12.1 Å². The van der Waals surface area contributed by atoms with Gasteiger partial charge in [-0.15, -0.1) is 0 Å². The quantitative estimate of drug-likeness (QED) is 0.740. The molecular formula is C12H11FO3. The number of hydrogen-bond acceptors (Lipinski definition) is 2. The van der Waals surface area contributed by atoms with Crippen LogP contribution in [0.1, 0.15) is 28.8 Å². The van der Waals surface area contributed by atoms with E-state index >= 15 is 0 Å². The number of fused-ring (bicyclic) bond motifs is 1. The molecule has 16 heavy (non-hydrogen) atoms. The number of hydrogen-bond donors (Lipinski definition) is 1. The predicted octanol–water partition coefficient (Wildman–Crippen LogP) is 2.05. The molecule has 0 aromatic heterocycles. The molecule has 1 aliphatic rings. The molecule has 1 N–H and O–H groups in total. The van der Waals surface area contributed by atoms with Crippen LogP contribution in [0.15, 0.2) is 18.2 Å². The molecule has 0 heterocycles. The van der Waals surface area contributed by atoms with Crippen molar-refractivity contribution in [1.82, 2.24) is 0 Å². The second-order valence-electron chi connectivity index (χ2n) is 3.97. The van der Waals surface area contributed by atoms with Crippen LogP contribution in [0.2, 0.25) is 0 Å². The van der Waals surface area contributed by atoms with Gasteiger partial charge in [0, 0.05) is 12.0 Å². The van der Waals surface area contributed by atoms with Crippen molar-refractivity contribution in [1.29, 1.82) is 0 Å². The Morgan fingerprint density at radius 2 is 2.19 bits per heavy atom. The molecule has 0 radical (unpaired) electrons. The van der Waals surface area contributed by atoms with E-state index in [0.717, 1.165) is 0 Å². The molecule has 0 amide bonds. The Hall–Kier alpha value is -1.71. The molecule has 3 nitrogen and oxygen atoms in total. The van der Waals surface area contributed by atoms with E-state index in [2.05, 4.69) is 0 Å². The topological polar surface area (TPSA) is 54.4 Å². The number of carbonyl (C=O) groups excluding carboxylic acids is 1. The number of rotatable bonds is 1. The van der Waals surface area contributed by atoms with E-state index < -0.39 is 17.7 Å². The van der Waals surface area contributed by atoms with Gasteiger partial charge in [-0.3, -0.25) is 9.59 Å². The van der Waals surface area contributed by atoms with Crippen molar-refractivity contribution in [2.75, 3.05) is 0 Å². The van der Waals surface area contributed by atoms with Crippen LogP contribution in [-0.4, -0.2) is 16.9 Å². The molecule has 0 aliphatic heterocycles. The highest BCUT2D eigenvalue weighted by Gasteiger charge is 2.28. The van der Waals surface area contributed by atoms with E-state index in [-0.39, 0.29) is 12.2 Å². The van der Waals surface area contributed by atoms with E-state index in [9.17, 15) is 14.0 Å². The average Bonchev–Trinajstić information content (AvgIpc) is 2.40. The molecule has 1 aliphatic carbocycles. The highest BCUT2D eigenvalue weighted by Crippen LogP contribution is 2.26. The van der Waals surface area contributed by atoms with Crippen LogP contribution < -0.4 is 0 Å². The Bertz CT molecular complexity index is 454. The fraction of sp³-hybridized carbons (Fsp3) is 0.333.